The molecule has 0 fully saturated rings. The average molecular weight is 173 g/mol. The molecular formula is C8H9F2NO. The van der Waals surface area contributed by atoms with Crippen molar-refractivity contribution in [1.82, 2.24) is 4.98 Å². The van der Waals surface area contributed by atoms with E-state index in [1.807, 2.05) is 0 Å². The number of aromatic nitrogens is 1. The number of H-pyrrole nitrogens is 1. The van der Waals surface area contributed by atoms with E-state index in [2.05, 4.69) is 4.98 Å². The summed E-state index contributed by atoms with van der Waals surface area (Å²) >= 11 is 0. The highest BCUT2D eigenvalue weighted by Crippen LogP contribution is 2.16. The molecule has 1 N–H and O–H groups in total. The summed E-state index contributed by atoms with van der Waals surface area (Å²) in [5, 5.41) is 0. The normalized spacial score (nSPS) is 10.8. The standard InChI is InChI=1S/C8H9F2NO/c1-4-3-6(7(9)10)11-8(12)5(4)2/h3,7H,1-2H3,(H,11,12). The molecule has 1 heterocycles. The van der Waals surface area contributed by atoms with Gasteiger partial charge in [0, 0.05) is 5.56 Å². The van der Waals surface area contributed by atoms with Crippen LogP contribution in [0.4, 0.5) is 8.78 Å². The molecule has 66 valence electrons. The first-order chi connectivity index (χ1) is 5.52. The third-order valence-corrected chi connectivity index (χ3v) is 1.80. The molecule has 1 aromatic rings. The van der Waals surface area contributed by atoms with E-state index in [9.17, 15) is 13.6 Å². The third kappa shape index (κ3) is 1.52. The summed E-state index contributed by atoms with van der Waals surface area (Å²) in [5.41, 5.74) is 0.321. The molecule has 0 atom stereocenters. The van der Waals surface area contributed by atoms with Gasteiger partial charge in [0.15, 0.2) is 0 Å². The Hall–Kier alpha value is -1.19. The Kier molecular flexibility index (Phi) is 2.26. The van der Waals surface area contributed by atoms with Crippen molar-refractivity contribution in [3.63, 3.8) is 0 Å². The van der Waals surface area contributed by atoms with Crippen molar-refractivity contribution in [3.05, 3.63) is 33.2 Å². The second kappa shape index (κ2) is 3.05. The van der Waals surface area contributed by atoms with Crippen LogP contribution >= 0.6 is 0 Å². The summed E-state index contributed by atoms with van der Waals surface area (Å²) in [7, 11) is 0. The minimum atomic E-state index is -2.61. The van der Waals surface area contributed by atoms with Gasteiger partial charge in [0.1, 0.15) is 0 Å². The van der Waals surface area contributed by atoms with E-state index >= 15 is 0 Å². The molecule has 4 heteroatoms. The van der Waals surface area contributed by atoms with Crippen LogP contribution in [0.1, 0.15) is 23.2 Å². The van der Waals surface area contributed by atoms with Gasteiger partial charge in [-0.25, -0.2) is 8.78 Å². The van der Waals surface area contributed by atoms with Gasteiger partial charge in [-0.05, 0) is 25.5 Å². The van der Waals surface area contributed by atoms with Crippen molar-refractivity contribution in [2.75, 3.05) is 0 Å². The highest BCUT2D eigenvalue weighted by Gasteiger charge is 2.09. The van der Waals surface area contributed by atoms with Gasteiger partial charge in [0.2, 0.25) is 0 Å². The summed E-state index contributed by atoms with van der Waals surface area (Å²) in [6, 6.07) is 1.29. The fourth-order valence-corrected chi connectivity index (χ4v) is 0.899. The Morgan fingerprint density at radius 3 is 2.42 bits per heavy atom. The highest BCUT2D eigenvalue weighted by atomic mass is 19.3. The minimum Gasteiger partial charge on any atom is -0.321 e. The van der Waals surface area contributed by atoms with Crippen LogP contribution in [0, 0.1) is 13.8 Å². The van der Waals surface area contributed by atoms with Crippen molar-refractivity contribution in [2.45, 2.75) is 20.3 Å². The Balaban J connectivity index is 3.31. The summed E-state index contributed by atoms with van der Waals surface area (Å²) in [6.07, 6.45) is -2.61. The predicted molar refractivity (Wildman–Crippen MR) is 41.5 cm³/mol. The summed E-state index contributed by atoms with van der Waals surface area (Å²) in [4.78, 5) is 13.1. The molecule has 0 aromatic carbocycles. The van der Waals surface area contributed by atoms with Crippen molar-refractivity contribution in [3.8, 4) is 0 Å². The second-order valence-electron chi connectivity index (χ2n) is 2.66. The smallest absolute Gasteiger partial charge is 0.278 e. The molecule has 0 aliphatic carbocycles. The van der Waals surface area contributed by atoms with Crippen LogP contribution < -0.4 is 5.56 Å². The van der Waals surface area contributed by atoms with Crippen molar-refractivity contribution in [2.24, 2.45) is 0 Å². The molecule has 0 saturated heterocycles. The van der Waals surface area contributed by atoms with Gasteiger partial charge in [0.05, 0.1) is 5.69 Å². The quantitative estimate of drug-likeness (QED) is 0.691. The lowest BCUT2D eigenvalue weighted by Gasteiger charge is -2.02. The molecule has 0 bridgehead atoms. The van der Waals surface area contributed by atoms with Crippen LogP contribution in [-0.4, -0.2) is 4.98 Å². The number of hydrogen-bond donors (Lipinski definition) is 1. The van der Waals surface area contributed by atoms with E-state index in [1.54, 1.807) is 13.8 Å². The number of rotatable bonds is 1. The lowest BCUT2D eigenvalue weighted by atomic mass is 10.1. The predicted octanol–water partition coefficient (Wildman–Crippen LogP) is 1.93. The molecule has 12 heavy (non-hydrogen) atoms. The number of alkyl halides is 2. The number of halogens is 2. The summed E-state index contributed by atoms with van der Waals surface area (Å²) in [5.74, 6) is 0. The zero-order valence-corrected chi connectivity index (χ0v) is 6.82. The lowest BCUT2D eigenvalue weighted by molar-refractivity contribution is 0.145. The Morgan fingerprint density at radius 1 is 1.42 bits per heavy atom. The first-order valence-electron chi connectivity index (χ1n) is 3.51. The molecule has 0 radical (unpaired) electrons. The van der Waals surface area contributed by atoms with Crippen LogP contribution in [0.3, 0.4) is 0 Å². The molecule has 0 aliphatic heterocycles. The van der Waals surface area contributed by atoms with Gasteiger partial charge in [0.25, 0.3) is 12.0 Å². The number of aromatic amines is 1. The van der Waals surface area contributed by atoms with E-state index in [0.29, 0.717) is 11.1 Å². The fraction of sp³-hybridized carbons (Fsp3) is 0.375. The van der Waals surface area contributed by atoms with Crippen LogP contribution in [-0.2, 0) is 0 Å². The van der Waals surface area contributed by atoms with Crippen LogP contribution in [0.25, 0.3) is 0 Å². The molecule has 0 spiro atoms. The van der Waals surface area contributed by atoms with Gasteiger partial charge in [-0.15, -0.1) is 0 Å². The molecule has 0 unspecified atom stereocenters. The number of nitrogens with one attached hydrogen (secondary N) is 1. The van der Waals surface area contributed by atoms with Crippen LogP contribution in [0.15, 0.2) is 10.9 Å². The van der Waals surface area contributed by atoms with Crippen molar-refractivity contribution < 1.29 is 8.78 Å². The molecule has 1 aromatic heterocycles. The Morgan fingerprint density at radius 2 is 2.00 bits per heavy atom. The SMILES string of the molecule is Cc1cc(C(F)F)[nH]c(=O)c1C. The number of aryl methyl sites for hydroxylation is 1. The highest BCUT2D eigenvalue weighted by molar-refractivity contribution is 5.24. The Bertz CT molecular complexity index is 343. The molecule has 0 amide bonds. The van der Waals surface area contributed by atoms with E-state index in [4.69, 9.17) is 0 Å². The lowest BCUT2D eigenvalue weighted by Crippen LogP contribution is -2.13. The first-order valence-corrected chi connectivity index (χ1v) is 3.51. The largest absolute Gasteiger partial charge is 0.321 e. The topological polar surface area (TPSA) is 32.9 Å². The maximum atomic E-state index is 12.1. The molecule has 0 saturated carbocycles. The van der Waals surface area contributed by atoms with Gasteiger partial charge in [-0.3, -0.25) is 4.79 Å². The first kappa shape index (κ1) is 8.90. The zero-order chi connectivity index (χ0) is 9.30. The average Bonchev–Trinajstić information content (AvgIpc) is 1.99. The van der Waals surface area contributed by atoms with Crippen molar-refractivity contribution in [1.29, 1.82) is 0 Å². The maximum Gasteiger partial charge on any atom is 0.278 e. The van der Waals surface area contributed by atoms with Crippen LogP contribution in [0.5, 0.6) is 0 Å². The van der Waals surface area contributed by atoms with Gasteiger partial charge >= 0.3 is 0 Å². The molecule has 0 aliphatic rings. The van der Waals surface area contributed by atoms with Crippen LogP contribution in [0.2, 0.25) is 0 Å². The third-order valence-electron chi connectivity index (χ3n) is 1.80. The van der Waals surface area contributed by atoms with Gasteiger partial charge < -0.3 is 4.98 Å². The van der Waals surface area contributed by atoms with E-state index in [0.717, 1.165) is 0 Å². The maximum absolute atomic E-state index is 12.1. The zero-order valence-electron chi connectivity index (χ0n) is 6.82. The molecular weight excluding hydrogens is 164 g/mol. The monoisotopic (exact) mass is 173 g/mol. The van der Waals surface area contributed by atoms with E-state index < -0.39 is 12.0 Å². The number of pyridine rings is 1. The summed E-state index contributed by atoms with van der Waals surface area (Å²) in [6.45, 7) is 3.24. The minimum absolute atomic E-state index is 0.317. The molecule has 2 nitrogen and oxygen atoms in total. The fourth-order valence-electron chi connectivity index (χ4n) is 0.899. The second-order valence-corrected chi connectivity index (χ2v) is 2.66. The van der Waals surface area contributed by atoms with E-state index in [-0.39, 0.29) is 5.69 Å². The van der Waals surface area contributed by atoms with Gasteiger partial charge in [-0.2, -0.15) is 0 Å². The van der Waals surface area contributed by atoms with Crippen molar-refractivity contribution >= 4 is 0 Å². The molecule has 1 rings (SSSR count). The van der Waals surface area contributed by atoms with Gasteiger partial charge in [-0.1, -0.05) is 0 Å². The number of hydrogen-bond acceptors (Lipinski definition) is 1. The van der Waals surface area contributed by atoms with E-state index in [1.165, 1.54) is 6.07 Å². The Labute approximate surface area is 68.2 Å². The summed E-state index contributed by atoms with van der Waals surface area (Å²) < 4.78 is 24.2.